The van der Waals surface area contributed by atoms with Crippen molar-refractivity contribution in [2.24, 2.45) is 0 Å². The Morgan fingerprint density at radius 1 is 1.69 bits per heavy atom. The largest absolute Gasteiger partial charge is 0.507 e. The van der Waals surface area contributed by atoms with Crippen LogP contribution in [-0.4, -0.2) is 26.5 Å². The molecule has 1 saturated heterocycles. The topological polar surface area (TPSA) is 52.6 Å². The molecule has 1 aliphatic heterocycles. The summed E-state index contributed by atoms with van der Waals surface area (Å²) in [5.74, 6) is -0.368. The zero-order valence-electron chi connectivity index (χ0n) is 7.96. The van der Waals surface area contributed by atoms with Crippen molar-refractivity contribution >= 4 is 19.9 Å². The van der Waals surface area contributed by atoms with E-state index in [1.165, 1.54) is 6.92 Å². The van der Waals surface area contributed by atoms with E-state index < -0.39 is 8.32 Å². The first kappa shape index (κ1) is 10.2. The van der Waals surface area contributed by atoms with E-state index in [1.807, 2.05) is 6.92 Å². The Hall–Kier alpha value is -0.843. The van der Waals surface area contributed by atoms with Gasteiger partial charge in [0.25, 0.3) is 5.97 Å². The Morgan fingerprint density at radius 3 is 2.85 bits per heavy atom. The molecule has 0 radical (unpaired) electrons. The van der Waals surface area contributed by atoms with Crippen molar-refractivity contribution in [3.63, 3.8) is 0 Å². The highest BCUT2D eigenvalue weighted by Crippen LogP contribution is 2.25. The van der Waals surface area contributed by atoms with Crippen molar-refractivity contribution in [2.75, 3.05) is 6.61 Å². The van der Waals surface area contributed by atoms with Crippen molar-refractivity contribution in [1.29, 1.82) is 0 Å². The lowest BCUT2D eigenvalue weighted by Gasteiger charge is -2.30. The predicted molar refractivity (Wildman–Crippen MR) is 48.8 cm³/mol. The summed E-state index contributed by atoms with van der Waals surface area (Å²) in [6, 6.07) is 1.33. The molecule has 1 fully saturated rings. The average Bonchev–Trinajstić information content (AvgIpc) is 2.08. The summed E-state index contributed by atoms with van der Waals surface area (Å²) in [5, 5.41) is 0. The Labute approximate surface area is 78.3 Å². The second-order valence-corrected chi connectivity index (χ2v) is 6.99. The van der Waals surface area contributed by atoms with Crippen molar-refractivity contribution in [3.05, 3.63) is 0 Å². The molecule has 1 atom stereocenters. The van der Waals surface area contributed by atoms with E-state index in [9.17, 15) is 9.59 Å². The standard InChI is InChI=1S/C8H14O4Si/c1-3-13(12-7(2)9)6-4-5-11-8(13)10/h3-6H2,1-2H3. The molecule has 4 nitrogen and oxygen atoms in total. The van der Waals surface area contributed by atoms with Crippen LogP contribution in [0.15, 0.2) is 0 Å². The third-order valence-electron chi connectivity index (χ3n) is 2.24. The molecule has 0 N–H and O–H groups in total. The first-order valence-corrected chi connectivity index (χ1v) is 6.80. The number of hydrogen-bond acceptors (Lipinski definition) is 4. The van der Waals surface area contributed by atoms with Gasteiger partial charge in [-0.2, -0.15) is 0 Å². The van der Waals surface area contributed by atoms with Crippen LogP contribution < -0.4 is 0 Å². The van der Waals surface area contributed by atoms with Crippen LogP contribution in [0.5, 0.6) is 0 Å². The molecule has 1 unspecified atom stereocenters. The number of ether oxygens (including phenoxy) is 1. The van der Waals surface area contributed by atoms with Crippen LogP contribution >= 0.6 is 0 Å². The summed E-state index contributed by atoms with van der Waals surface area (Å²) >= 11 is 0. The van der Waals surface area contributed by atoms with Gasteiger partial charge in [-0.1, -0.05) is 6.92 Å². The van der Waals surface area contributed by atoms with Crippen LogP contribution in [0.25, 0.3) is 0 Å². The number of cyclic esters (lactones) is 1. The summed E-state index contributed by atoms with van der Waals surface area (Å²) in [6.07, 6.45) is 0.819. The van der Waals surface area contributed by atoms with Crippen molar-refractivity contribution in [1.82, 2.24) is 0 Å². The van der Waals surface area contributed by atoms with Crippen molar-refractivity contribution < 1.29 is 18.8 Å². The van der Waals surface area contributed by atoms with E-state index >= 15 is 0 Å². The zero-order chi connectivity index (χ0) is 9.90. The molecule has 0 amide bonds. The van der Waals surface area contributed by atoms with Gasteiger partial charge in [-0.3, -0.25) is 9.59 Å². The summed E-state index contributed by atoms with van der Waals surface area (Å²) in [6.45, 7) is 3.68. The Kier molecular flexibility index (Phi) is 3.08. The normalized spacial score (nSPS) is 28.0. The lowest BCUT2D eigenvalue weighted by Crippen LogP contribution is -2.51. The van der Waals surface area contributed by atoms with Gasteiger partial charge < -0.3 is 9.16 Å². The van der Waals surface area contributed by atoms with Crippen LogP contribution in [0.1, 0.15) is 20.3 Å². The monoisotopic (exact) mass is 202 g/mol. The summed E-state index contributed by atoms with van der Waals surface area (Å²) in [5.41, 5.74) is -0.267. The second-order valence-electron chi connectivity index (χ2n) is 3.18. The Balaban J connectivity index is 2.76. The third-order valence-corrected chi connectivity index (χ3v) is 6.11. The van der Waals surface area contributed by atoms with Crippen LogP contribution in [-0.2, 0) is 14.0 Å². The molecular formula is C8H14O4Si. The zero-order valence-corrected chi connectivity index (χ0v) is 8.96. The molecule has 0 aromatic heterocycles. The molecule has 0 bridgehead atoms. The lowest BCUT2D eigenvalue weighted by molar-refractivity contribution is -0.132. The fourth-order valence-electron chi connectivity index (χ4n) is 1.52. The van der Waals surface area contributed by atoms with E-state index in [1.54, 1.807) is 0 Å². The molecule has 0 aliphatic carbocycles. The minimum atomic E-state index is -2.53. The summed E-state index contributed by atoms with van der Waals surface area (Å²) in [7, 11) is -2.53. The van der Waals surface area contributed by atoms with E-state index in [0.29, 0.717) is 18.7 Å². The van der Waals surface area contributed by atoms with Crippen LogP contribution in [0.2, 0.25) is 12.1 Å². The van der Waals surface area contributed by atoms with Gasteiger partial charge in [-0.05, 0) is 18.5 Å². The van der Waals surface area contributed by atoms with E-state index in [-0.39, 0.29) is 11.6 Å². The van der Waals surface area contributed by atoms with Gasteiger partial charge in [0.15, 0.2) is 0 Å². The fourth-order valence-corrected chi connectivity index (χ4v) is 4.32. The number of carbonyl (C=O) groups is 2. The average molecular weight is 202 g/mol. The van der Waals surface area contributed by atoms with E-state index in [2.05, 4.69) is 0 Å². The molecule has 1 rings (SSSR count). The maximum atomic E-state index is 11.4. The molecule has 5 heteroatoms. The first-order valence-electron chi connectivity index (χ1n) is 4.47. The molecule has 1 aliphatic rings. The highest BCUT2D eigenvalue weighted by atomic mass is 28.4. The molecule has 0 aromatic rings. The van der Waals surface area contributed by atoms with Crippen LogP contribution in [0.4, 0.5) is 4.79 Å². The lowest BCUT2D eigenvalue weighted by atomic mass is 10.5. The Morgan fingerprint density at radius 2 is 2.38 bits per heavy atom. The van der Waals surface area contributed by atoms with Crippen LogP contribution in [0, 0.1) is 0 Å². The smallest absolute Gasteiger partial charge is 0.375 e. The summed E-state index contributed by atoms with van der Waals surface area (Å²) in [4.78, 5) is 22.3. The van der Waals surface area contributed by atoms with Gasteiger partial charge in [-0.15, -0.1) is 0 Å². The van der Waals surface area contributed by atoms with E-state index in [0.717, 1.165) is 6.42 Å². The third kappa shape index (κ3) is 2.09. The van der Waals surface area contributed by atoms with Gasteiger partial charge in [0.1, 0.15) is 0 Å². The predicted octanol–water partition coefficient (Wildman–Crippen LogP) is 1.64. The van der Waals surface area contributed by atoms with E-state index in [4.69, 9.17) is 9.16 Å². The SMILES string of the molecule is CC[Si]1(OC(C)=O)CCCOC1=O. The summed E-state index contributed by atoms with van der Waals surface area (Å²) < 4.78 is 10.1. The highest BCUT2D eigenvalue weighted by molar-refractivity contribution is 7.01. The maximum Gasteiger partial charge on any atom is 0.375 e. The number of rotatable bonds is 2. The number of carbonyl (C=O) groups excluding carboxylic acids is 2. The number of hydrogen-bond donors (Lipinski definition) is 0. The Bertz CT molecular complexity index is 228. The molecule has 0 saturated carbocycles. The minimum Gasteiger partial charge on any atom is -0.507 e. The second kappa shape index (κ2) is 3.91. The fraction of sp³-hybridized carbons (Fsp3) is 0.750. The first-order chi connectivity index (χ1) is 6.10. The molecule has 0 aromatic carbocycles. The molecule has 13 heavy (non-hydrogen) atoms. The van der Waals surface area contributed by atoms with Crippen molar-refractivity contribution in [2.45, 2.75) is 32.4 Å². The van der Waals surface area contributed by atoms with Gasteiger partial charge >= 0.3 is 13.9 Å². The van der Waals surface area contributed by atoms with Crippen molar-refractivity contribution in [3.8, 4) is 0 Å². The van der Waals surface area contributed by atoms with Crippen LogP contribution in [0.3, 0.4) is 0 Å². The van der Waals surface area contributed by atoms with Gasteiger partial charge in [0.05, 0.1) is 6.61 Å². The minimum absolute atomic E-state index is 0.267. The molecule has 0 spiro atoms. The maximum absolute atomic E-state index is 11.4. The van der Waals surface area contributed by atoms with Gasteiger partial charge in [0.2, 0.25) is 0 Å². The van der Waals surface area contributed by atoms with Gasteiger partial charge in [-0.25, -0.2) is 0 Å². The quantitative estimate of drug-likeness (QED) is 0.639. The molecule has 1 heterocycles. The highest BCUT2D eigenvalue weighted by Gasteiger charge is 2.48. The van der Waals surface area contributed by atoms with Gasteiger partial charge in [0, 0.05) is 6.92 Å². The molecule has 74 valence electrons. The molecular weight excluding hydrogens is 188 g/mol.